The average molecular weight is 340 g/mol. The van der Waals surface area contributed by atoms with E-state index in [0.717, 1.165) is 29.5 Å². The van der Waals surface area contributed by atoms with Crippen LogP contribution in [0.3, 0.4) is 0 Å². The number of halogens is 1. The molecule has 3 rings (SSSR count). The highest BCUT2D eigenvalue weighted by molar-refractivity contribution is 9.10. The Kier molecular flexibility index (Phi) is 3.35. The van der Waals surface area contributed by atoms with E-state index in [2.05, 4.69) is 27.3 Å². The first-order valence-electron chi connectivity index (χ1n) is 6.32. The van der Waals surface area contributed by atoms with E-state index in [1.165, 1.54) is 0 Å². The summed E-state index contributed by atoms with van der Waals surface area (Å²) in [5, 5.41) is 12.2. The second-order valence-electron chi connectivity index (χ2n) is 5.13. The van der Waals surface area contributed by atoms with E-state index in [1.54, 1.807) is 11.8 Å². The maximum absolute atomic E-state index is 12.4. The van der Waals surface area contributed by atoms with Crippen molar-refractivity contribution in [2.75, 3.05) is 11.5 Å². The normalized spacial score (nSPS) is 26.1. The molecule has 0 radical (unpaired) electrons. The fourth-order valence-electron chi connectivity index (χ4n) is 2.34. The van der Waals surface area contributed by atoms with Gasteiger partial charge < -0.3 is 9.88 Å². The quantitative estimate of drug-likeness (QED) is 0.920. The molecule has 2 fully saturated rings. The molecule has 2 heterocycles. The number of nitrogens with zero attached hydrogens (tertiary/aromatic N) is 2. The molecule has 2 aliphatic rings. The molecule has 100 valence electrons. The number of thioether (sulfide) groups is 1. The molecule has 1 saturated carbocycles. The van der Waals surface area contributed by atoms with Gasteiger partial charge in [-0.15, -0.1) is 0 Å². The Bertz CT molecular complexity index is 553. The van der Waals surface area contributed by atoms with Gasteiger partial charge in [0.25, 0.3) is 5.91 Å². The third kappa shape index (κ3) is 2.54. The maximum Gasteiger partial charge on any atom is 0.269 e. The van der Waals surface area contributed by atoms with Crippen molar-refractivity contribution in [1.82, 2.24) is 9.88 Å². The first-order valence-corrected chi connectivity index (χ1v) is 8.27. The second-order valence-corrected chi connectivity index (χ2v) is 7.15. The van der Waals surface area contributed by atoms with Crippen LogP contribution in [-0.2, 0) is 0 Å². The molecule has 6 heteroatoms. The highest BCUT2D eigenvalue weighted by Crippen LogP contribution is 2.37. The van der Waals surface area contributed by atoms with E-state index < -0.39 is 5.54 Å². The van der Waals surface area contributed by atoms with Gasteiger partial charge in [0.1, 0.15) is 11.2 Å². The minimum absolute atomic E-state index is 0.137. The Morgan fingerprint density at radius 1 is 1.63 bits per heavy atom. The van der Waals surface area contributed by atoms with Crippen molar-refractivity contribution in [2.24, 2.45) is 0 Å². The molecule has 1 N–H and O–H groups in total. The van der Waals surface area contributed by atoms with Crippen LogP contribution in [0.1, 0.15) is 35.8 Å². The van der Waals surface area contributed by atoms with E-state index in [0.29, 0.717) is 17.5 Å². The largest absolute Gasteiger partial charge is 0.339 e. The van der Waals surface area contributed by atoms with Gasteiger partial charge in [0.05, 0.1) is 6.07 Å². The number of nitrogens with one attached hydrogen (secondary N) is 1. The Hall–Kier alpha value is -0.930. The summed E-state index contributed by atoms with van der Waals surface area (Å²) in [7, 11) is 0. The van der Waals surface area contributed by atoms with Crippen molar-refractivity contribution in [2.45, 2.75) is 30.8 Å². The number of nitriles is 1. The standard InChI is InChI=1S/C13H14BrN3OS/c14-9-5-11(17(6-9)10-1-2-10)12(18)16-13(7-15)3-4-19-8-13/h5-6,10H,1-4,8H2,(H,16,18). The predicted octanol–water partition coefficient (Wildman–Crippen LogP) is 2.71. The number of rotatable bonds is 3. The molecule has 1 unspecified atom stereocenters. The topological polar surface area (TPSA) is 57.8 Å². The summed E-state index contributed by atoms with van der Waals surface area (Å²) < 4.78 is 2.93. The summed E-state index contributed by atoms with van der Waals surface area (Å²) in [5.74, 6) is 1.48. The van der Waals surface area contributed by atoms with Gasteiger partial charge in [-0.3, -0.25) is 4.79 Å². The molecule has 1 aliphatic carbocycles. The lowest BCUT2D eigenvalue weighted by Gasteiger charge is -2.21. The lowest BCUT2D eigenvalue weighted by atomic mass is 10.0. The van der Waals surface area contributed by atoms with Crippen molar-refractivity contribution in [3.63, 3.8) is 0 Å². The molecule has 0 spiro atoms. The molecular formula is C13H14BrN3OS. The molecule has 4 nitrogen and oxygen atoms in total. The molecule has 1 aromatic rings. The lowest BCUT2D eigenvalue weighted by molar-refractivity contribution is 0.0916. The van der Waals surface area contributed by atoms with Gasteiger partial charge in [-0.25, -0.2) is 0 Å². The van der Waals surface area contributed by atoms with Crippen LogP contribution in [0.5, 0.6) is 0 Å². The molecule has 19 heavy (non-hydrogen) atoms. The van der Waals surface area contributed by atoms with E-state index in [4.69, 9.17) is 0 Å². The summed E-state index contributed by atoms with van der Waals surface area (Å²) in [6, 6.07) is 4.56. The molecule has 0 bridgehead atoms. The third-order valence-corrected chi connectivity index (χ3v) is 5.20. The van der Waals surface area contributed by atoms with Gasteiger partial charge in [-0.1, -0.05) is 0 Å². The Morgan fingerprint density at radius 2 is 2.42 bits per heavy atom. The van der Waals surface area contributed by atoms with Gasteiger partial charge in [0.15, 0.2) is 0 Å². The fourth-order valence-corrected chi connectivity index (χ4v) is 4.05. The number of hydrogen-bond donors (Lipinski definition) is 1. The highest BCUT2D eigenvalue weighted by Gasteiger charge is 2.37. The molecule has 1 aliphatic heterocycles. The monoisotopic (exact) mass is 339 g/mol. The zero-order valence-corrected chi connectivity index (χ0v) is 12.8. The summed E-state index contributed by atoms with van der Waals surface area (Å²) in [5.41, 5.74) is -0.0340. The Morgan fingerprint density at radius 3 is 3.00 bits per heavy atom. The molecular weight excluding hydrogens is 326 g/mol. The second kappa shape index (κ2) is 4.88. The molecule has 1 amide bonds. The summed E-state index contributed by atoms with van der Waals surface area (Å²) in [6.07, 6.45) is 4.93. The predicted molar refractivity (Wildman–Crippen MR) is 78.2 cm³/mol. The van der Waals surface area contributed by atoms with Crippen LogP contribution < -0.4 is 5.32 Å². The SMILES string of the molecule is N#CC1(NC(=O)c2cc(Br)cn2C2CC2)CCSC1. The minimum Gasteiger partial charge on any atom is -0.339 e. The zero-order chi connectivity index (χ0) is 13.5. The van der Waals surface area contributed by atoms with Crippen molar-refractivity contribution in [3.05, 3.63) is 22.4 Å². The van der Waals surface area contributed by atoms with Crippen LogP contribution in [0.2, 0.25) is 0 Å². The number of amides is 1. The van der Waals surface area contributed by atoms with Gasteiger partial charge in [-0.2, -0.15) is 17.0 Å². The van der Waals surface area contributed by atoms with Gasteiger partial charge in [0.2, 0.25) is 0 Å². The Balaban J connectivity index is 1.82. The smallest absolute Gasteiger partial charge is 0.269 e. The van der Waals surface area contributed by atoms with Crippen molar-refractivity contribution < 1.29 is 4.79 Å². The van der Waals surface area contributed by atoms with E-state index in [9.17, 15) is 10.1 Å². The van der Waals surface area contributed by atoms with E-state index in [-0.39, 0.29) is 5.91 Å². The van der Waals surface area contributed by atoms with Gasteiger partial charge in [-0.05, 0) is 47.0 Å². The molecule has 1 aromatic heterocycles. The first-order chi connectivity index (χ1) is 9.13. The summed E-state index contributed by atoms with van der Waals surface area (Å²) >= 11 is 5.14. The van der Waals surface area contributed by atoms with Crippen molar-refractivity contribution in [3.8, 4) is 6.07 Å². The molecule has 0 aromatic carbocycles. The van der Waals surface area contributed by atoms with Gasteiger partial charge in [0, 0.05) is 22.5 Å². The van der Waals surface area contributed by atoms with Gasteiger partial charge >= 0.3 is 0 Å². The van der Waals surface area contributed by atoms with Crippen LogP contribution in [0.25, 0.3) is 0 Å². The zero-order valence-electron chi connectivity index (χ0n) is 10.4. The molecule has 1 saturated heterocycles. The van der Waals surface area contributed by atoms with Crippen molar-refractivity contribution in [1.29, 1.82) is 5.26 Å². The average Bonchev–Trinajstić information content (AvgIpc) is 3.01. The maximum atomic E-state index is 12.4. The Labute approximate surface area is 124 Å². The first kappa shape index (κ1) is 13.1. The van der Waals surface area contributed by atoms with Crippen LogP contribution in [0.4, 0.5) is 0 Å². The summed E-state index contributed by atoms with van der Waals surface area (Å²) in [4.78, 5) is 12.4. The van der Waals surface area contributed by atoms with Crippen LogP contribution in [0, 0.1) is 11.3 Å². The van der Waals surface area contributed by atoms with E-state index in [1.807, 2.05) is 16.8 Å². The van der Waals surface area contributed by atoms with Crippen LogP contribution in [0.15, 0.2) is 16.7 Å². The lowest BCUT2D eigenvalue weighted by Crippen LogP contribution is -2.47. The number of carbonyl (C=O) groups is 1. The van der Waals surface area contributed by atoms with Crippen LogP contribution in [-0.4, -0.2) is 27.5 Å². The number of aromatic nitrogens is 1. The van der Waals surface area contributed by atoms with E-state index >= 15 is 0 Å². The van der Waals surface area contributed by atoms with Crippen molar-refractivity contribution >= 4 is 33.6 Å². The number of carbonyl (C=O) groups excluding carboxylic acids is 1. The number of hydrogen-bond acceptors (Lipinski definition) is 3. The molecule has 1 atom stereocenters. The highest BCUT2D eigenvalue weighted by atomic mass is 79.9. The third-order valence-electron chi connectivity index (χ3n) is 3.58. The fraction of sp³-hybridized carbons (Fsp3) is 0.538. The summed E-state index contributed by atoms with van der Waals surface area (Å²) in [6.45, 7) is 0. The van der Waals surface area contributed by atoms with Crippen LogP contribution >= 0.6 is 27.7 Å². The minimum atomic E-state index is -0.688.